The highest BCUT2D eigenvalue weighted by Gasteiger charge is 2.98. The number of hydrogen-bond acceptors (Lipinski definition) is 0. The molecule has 0 unspecified atom stereocenters. The van der Waals surface area contributed by atoms with Crippen molar-refractivity contribution in [3.8, 4) is 0 Å². The molecular weight excluding hydrogens is 512 g/mol. The van der Waals surface area contributed by atoms with Crippen molar-refractivity contribution in [3.63, 3.8) is 0 Å². The second kappa shape index (κ2) is 3.42. The quantitative estimate of drug-likeness (QED) is 0.252. The topological polar surface area (TPSA) is 0 Å². The Bertz CT molecular complexity index is 495. The van der Waals surface area contributed by atoms with Crippen molar-refractivity contribution < 1.29 is 0 Å². The second-order valence-corrected chi connectivity index (χ2v) is 14.5. The van der Waals surface area contributed by atoms with Gasteiger partial charge in [-0.2, -0.15) is 0 Å². The summed E-state index contributed by atoms with van der Waals surface area (Å²) in [6.45, 7) is 0. The highest BCUT2D eigenvalue weighted by Crippen LogP contribution is 3.01. The minimum atomic E-state index is 0.150. The summed E-state index contributed by atoms with van der Waals surface area (Å²) in [4.78, 5) is 0. The smallest absolute Gasteiger partial charge is 0.0879 e. The Morgan fingerprint density at radius 3 is 1.00 bits per heavy atom. The van der Waals surface area contributed by atoms with E-state index in [4.69, 9.17) is 0 Å². The van der Waals surface area contributed by atoms with Crippen molar-refractivity contribution in [2.45, 2.75) is 45.0 Å². The summed E-state index contributed by atoms with van der Waals surface area (Å²) < 4.78 is 0.300. The molecule has 0 N–H and O–H groups in total. The molecule has 20 heavy (non-hydrogen) atoms. The molecule has 3 fully saturated rings. The van der Waals surface area contributed by atoms with E-state index in [1.165, 1.54) is 38.5 Å². The Labute approximate surface area is 153 Å². The molecule has 0 nitrogen and oxygen atoms in total. The molecule has 5 rings (SSSR count). The molecule has 5 aliphatic carbocycles. The van der Waals surface area contributed by atoms with Crippen LogP contribution >= 0.6 is 63.7 Å². The van der Waals surface area contributed by atoms with Crippen LogP contribution in [0, 0.1) is 21.7 Å². The first-order chi connectivity index (χ1) is 9.33. The van der Waals surface area contributed by atoms with Gasteiger partial charge in [-0.15, -0.1) is 0 Å². The van der Waals surface area contributed by atoms with E-state index in [1.807, 2.05) is 0 Å². The Balaban J connectivity index is 1.70. The van der Waals surface area contributed by atoms with Gasteiger partial charge >= 0.3 is 0 Å². The number of allylic oxidation sites excluding steroid dienone is 4. The van der Waals surface area contributed by atoms with Crippen molar-refractivity contribution in [3.05, 3.63) is 24.3 Å². The molecule has 0 saturated heterocycles. The van der Waals surface area contributed by atoms with Gasteiger partial charge in [0, 0.05) is 21.7 Å². The van der Waals surface area contributed by atoms with E-state index in [1.54, 1.807) is 0 Å². The van der Waals surface area contributed by atoms with Crippen LogP contribution in [0.2, 0.25) is 0 Å². The lowest BCUT2D eigenvalue weighted by Crippen LogP contribution is -2.33. The summed E-state index contributed by atoms with van der Waals surface area (Å²) in [7, 11) is 0. The van der Waals surface area contributed by atoms with Crippen molar-refractivity contribution in [2.75, 3.05) is 0 Å². The Morgan fingerprint density at radius 1 is 0.500 bits per heavy atom. The van der Waals surface area contributed by atoms with Gasteiger partial charge in [-0.3, -0.25) is 0 Å². The van der Waals surface area contributed by atoms with Gasteiger partial charge in [-0.05, 0) is 38.5 Å². The van der Waals surface area contributed by atoms with Gasteiger partial charge in [0.05, 0.1) is 6.47 Å². The fraction of sp³-hybridized carbons (Fsp3) is 0.750. The van der Waals surface area contributed by atoms with Crippen LogP contribution in [0.3, 0.4) is 0 Å². The zero-order valence-corrected chi connectivity index (χ0v) is 17.4. The molecule has 0 bridgehead atoms. The molecule has 0 radical (unpaired) electrons. The molecule has 0 amide bonds. The standard InChI is InChI=1S/C16H16Br4/c17-15(18)11-5-1-2-6-12(11,15)10-14-8-4-3-7-13(14,9-11)16(14,19)20/h1-4H,5-10H2/t11-,12-,13-,14+/m1/s1. The summed E-state index contributed by atoms with van der Waals surface area (Å²) in [6.07, 6.45) is 17.2. The molecule has 108 valence electrons. The molecule has 0 spiro atoms. The molecule has 0 aromatic rings. The lowest BCUT2D eigenvalue weighted by atomic mass is 9.62. The lowest BCUT2D eigenvalue weighted by molar-refractivity contribution is 0.107. The average Bonchev–Trinajstić information content (AvgIpc) is 3.06. The minimum absolute atomic E-state index is 0.150. The van der Waals surface area contributed by atoms with Crippen LogP contribution < -0.4 is 0 Å². The van der Waals surface area contributed by atoms with Crippen molar-refractivity contribution in [1.82, 2.24) is 0 Å². The van der Waals surface area contributed by atoms with Gasteiger partial charge in [-0.1, -0.05) is 88.0 Å². The number of alkyl halides is 4. The van der Waals surface area contributed by atoms with Crippen LogP contribution in [0.25, 0.3) is 0 Å². The maximum Gasteiger partial charge on any atom is 0.0935 e. The molecule has 4 heteroatoms. The van der Waals surface area contributed by atoms with E-state index in [0.717, 1.165) is 0 Å². The Hall–Kier alpha value is 1.40. The molecular formula is C16H16Br4. The molecule has 0 aromatic heterocycles. The highest BCUT2D eigenvalue weighted by molar-refractivity contribution is 9.26. The number of rotatable bonds is 0. The number of hydrogen-bond donors (Lipinski definition) is 0. The van der Waals surface area contributed by atoms with Crippen LogP contribution in [0.4, 0.5) is 0 Å². The molecule has 3 saturated carbocycles. The zero-order chi connectivity index (χ0) is 14.1. The molecule has 0 heterocycles. The van der Waals surface area contributed by atoms with Crippen LogP contribution in [0.1, 0.15) is 38.5 Å². The fourth-order valence-corrected chi connectivity index (χ4v) is 11.4. The highest BCUT2D eigenvalue weighted by atomic mass is 79.9. The number of halogens is 4. The van der Waals surface area contributed by atoms with E-state index in [2.05, 4.69) is 88.0 Å². The van der Waals surface area contributed by atoms with E-state index >= 15 is 0 Å². The van der Waals surface area contributed by atoms with Crippen LogP contribution in [0.5, 0.6) is 0 Å². The summed E-state index contributed by atoms with van der Waals surface area (Å²) in [5.41, 5.74) is 1.64. The van der Waals surface area contributed by atoms with Gasteiger partial charge in [0.25, 0.3) is 0 Å². The minimum Gasteiger partial charge on any atom is -0.0879 e. The normalized spacial score (nSPS) is 59.0. The Kier molecular flexibility index (Phi) is 2.36. The van der Waals surface area contributed by atoms with E-state index < -0.39 is 0 Å². The van der Waals surface area contributed by atoms with Gasteiger partial charge in [0.1, 0.15) is 0 Å². The molecule has 0 aromatic carbocycles. The SMILES string of the molecule is BrC1(Br)[C@@]23CC=CC[C@]12C[C@@]12CC=CC[C@]1(C3)C2(Br)Br. The monoisotopic (exact) mass is 524 g/mol. The first-order valence-corrected chi connectivity index (χ1v) is 10.6. The third kappa shape index (κ3) is 0.991. The third-order valence-corrected chi connectivity index (χ3v) is 13.6. The fourth-order valence-electron chi connectivity index (χ4n) is 6.35. The van der Waals surface area contributed by atoms with Crippen molar-refractivity contribution >= 4 is 63.7 Å². The second-order valence-electron chi connectivity index (χ2n) is 7.59. The maximum atomic E-state index is 4.09. The Morgan fingerprint density at radius 2 is 0.750 bits per heavy atom. The summed E-state index contributed by atoms with van der Waals surface area (Å²) >= 11 is 16.4. The summed E-state index contributed by atoms with van der Waals surface area (Å²) in [6, 6.07) is 0. The average molecular weight is 528 g/mol. The van der Waals surface area contributed by atoms with E-state index in [0.29, 0.717) is 21.7 Å². The maximum absolute atomic E-state index is 4.09. The van der Waals surface area contributed by atoms with E-state index in [9.17, 15) is 0 Å². The summed E-state index contributed by atoms with van der Waals surface area (Å²) in [5.74, 6) is 0. The molecule has 0 aliphatic heterocycles. The van der Waals surface area contributed by atoms with Crippen LogP contribution in [-0.4, -0.2) is 6.47 Å². The first kappa shape index (κ1) is 13.8. The largest absolute Gasteiger partial charge is 0.0935 e. The summed E-state index contributed by atoms with van der Waals surface area (Å²) in [5, 5.41) is 0. The van der Waals surface area contributed by atoms with Crippen LogP contribution in [-0.2, 0) is 0 Å². The predicted octanol–water partition coefficient (Wildman–Crippen LogP) is 6.43. The zero-order valence-electron chi connectivity index (χ0n) is 11.1. The first-order valence-electron chi connectivity index (χ1n) is 7.38. The third-order valence-electron chi connectivity index (χ3n) is 7.52. The predicted molar refractivity (Wildman–Crippen MR) is 96.9 cm³/mol. The molecule has 4 atom stereocenters. The van der Waals surface area contributed by atoms with E-state index in [-0.39, 0.29) is 6.47 Å². The lowest BCUT2D eigenvalue weighted by Gasteiger charge is -2.40. The van der Waals surface area contributed by atoms with Gasteiger partial charge in [0.15, 0.2) is 0 Å². The van der Waals surface area contributed by atoms with Gasteiger partial charge in [-0.25, -0.2) is 0 Å². The van der Waals surface area contributed by atoms with Crippen molar-refractivity contribution in [2.24, 2.45) is 21.7 Å². The van der Waals surface area contributed by atoms with Gasteiger partial charge in [0.2, 0.25) is 0 Å². The van der Waals surface area contributed by atoms with Gasteiger partial charge < -0.3 is 0 Å². The van der Waals surface area contributed by atoms with Crippen molar-refractivity contribution in [1.29, 1.82) is 0 Å². The molecule has 5 aliphatic rings. The van der Waals surface area contributed by atoms with Crippen LogP contribution in [0.15, 0.2) is 24.3 Å².